The van der Waals surface area contributed by atoms with Crippen LogP contribution in [0.25, 0.3) is 56.2 Å². The first kappa shape index (κ1) is 52.0. The number of rotatable bonds is 7. The van der Waals surface area contributed by atoms with Gasteiger partial charge in [-0.2, -0.15) is 0 Å². The Labute approximate surface area is 424 Å². The number of carboxylic acids is 3. The number of pyridine rings is 3. The molecule has 0 atom stereocenters. The molecule has 0 aliphatic carbocycles. The minimum Gasteiger partial charge on any atom is -0.543 e. The Balaban J connectivity index is 0.000000157. The van der Waals surface area contributed by atoms with Crippen LogP contribution in [0.15, 0.2) is 231 Å². The predicted molar refractivity (Wildman–Crippen MR) is 259 cm³/mol. The summed E-state index contributed by atoms with van der Waals surface area (Å²) < 4.78 is 32.5. The molecule has 0 spiro atoms. The average molecular weight is 1140 g/mol. The number of para-hydroxylation sites is 6. The number of carbonyl (C=O) groups is 3. The van der Waals surface area contributed by atoms with Crippen LogP contribution in [0.3, 0.4) is 0 Å². The van der Waals surface area contributed by atoms with Crippen molar-refractivity contribution < 1.29 is 58.6 Å². The van der Waals surface area contributed by atoms with Gasteiger partial charge in [0.1, 0.15) is 23.3 Å². The van der Waals surface area contributed by atoms with Gasteiger partial charge in [0.25, 0.3) is 0 Å². The van der Waals surface area contributed by atoms with Gasteiger partial charge in [0.15, 0.2) is 0 Å². The third-order valence-electron chi connectivity index (χ3n) is 10.0. The van der Waals surface area contributed by atoms with Gasteiger partial charge in [0, 0.05) is 30.0 Å². The van der Waals surface area contributed by atoms with Crippen LogP contribution in [0.5, 0.6) is 0 Å². The number of hydrogen-bond acceptors (Lipinski definition) is 11. The summed E-state index contributed by atoms with van der Waals surface area (Å²) in [6, 6.07) is 62.8. The van der Waals surface area contributed by atoms with Crippen LogP contribution in [0.2, 0.25) is 0 Å². The van der Waals surface area contributed by atoms with Gasteiger partial charge in [0.2, 0.25) is 0 Å². The largest absolute Gasteiger partial charge is 3.00 e. The summed E-state index contributed by atoms with van der Waals surface area (Å²) >= 11 is 0. The maximum Gasteiger partial charge on any atom is 3.00 e. The number of fused-ring (bicyclic) bond motifs is 2. The molecule has 0 N–H and O–H groups in total. The molecule has 13 nitrogen and oxygen atoms in total. The molecule has 0 aliphatic rings. The molecule has 5 aromatic heterocycles. The molecule has 6 aromatic carbocycles. The van der Waals surface area contributed by atoms with E-state index in [0.717, 1.165) is 33.4 Å². The maximum absolute atomic E-state index is 14.2. The zero-order valence-corrected chi connectivity index (χ0v) is 40.0. The Kier molecular flexibility index (Phi) is 18.7. The summed E-state index contributed by atoms with van der Waals surface area (Å²) in [4.78, 5) is 49.9. The molecule has 16 heteroatoms. The van der Waals surface area contributed by atoms with E-state index in [-0.39, 0.29) is 48.8 Å². The SMILES string of the molecule is Fc1ccccc1-c1nc2ccccc2n1-c1ccccc1.Fc1ccccc1-c1nc2ccccc2n1-c1ccccc1.O=C([O-])c1ccccn1.O=C([O-])c1ccccn1.O=C([O-])c1ccccn1.[Ir+3]. The number of hydrogen-bond donors (Lipinski definition) is 0. The zero-order valence-electron chi connectivity index (χ0n) is 37.6. The van der Waals surface area contributed by atoms with E-state index in [1.54, 1.807) is 60.7 Å². The first-order valence-corrected chi connectivity index (χ1v) is 21.5. The molecule has 0 bridgehead atoms. The summed E-state index contributed by atoms with van der Waals surface area (Å²) in [5.74, 6) is -3.03. The van der Waals surface area contributed by atoms with Crippen LogP contribution in [0.1, 0.15) is 31.5 Å². The van der Waals surface area contributed by atoms with Gasteiger partial charge in [-0.3, -0.25) is 24.1 Å². The normalized spacial score (nSPS) is 10.0. The number of carboxylic acid groups (broad SMARTS) is 3. The topological polar surface area (TPSA) is 195 Å². The van der Waals surface area contributed by atoms with Gasteiger partial charge < -0.3 is 29.7 Å². The summed E-state index contributed by atoms with van der Waals surface area (Å²) in [5, 5.41) is 30.1. The number of halogens is 2. The van der Waals surface area contributed by atoms with E-state index in [1.165, 1.54) is 48.9 Å². The summed E-state index contributed by atoms with van der Waals surface area (Å²) in [7, 11) is 0. The molecule has 0 unspecified atom stereocenters. The van der Waals surface area contributed by atoms with Gasteiger partial charge in [0.05, 0.1) is 68.2 Å². The molecule has 0 aliphatic heterocycles. The first-order chi connectivity index (χ1) is 34.6. The van der Waals surface area contributed by atoms with Gasteiger partial charge in [-0.05, 0) is 109 Å². The van der Waals surface area contributed by atoms with E-state index >= 15 is 0 Å². The Morgan fingerprint density at radius 3 is 0.944 bits per heavy atom. The van der Waals surface area contributed by atoms with Crippen molar-refractivity contribution in [2.45, 2.75) is 0 Å². The van der Waals surface area contributed by atoms with Crippen LogP contribution < -0.4 is 15.3 Å². The fourth-order valence-electron chi connectivity index (χ4n) is 6.83. The second-order valence-electron chi connectivity index (χ2n) is 14.7. The van der Waals surface area contributed by atoms with Crippen LogP contribution in [-0.4, -0.2) is 52.0 Å². The van der Waals surface area contributed by atoms with Crippen molar-refractivity contribution in [3.05, 3.63) is 260 Å². The van der Waals surface area contributed by atoms with Crippen LogP contribution in [0.4, 0.5) is 8.78 Å². The second-order valence-corrected chi connectivity index (χ2v) is 14.7. The molecule has 0 saturated heterocycles. The minimum atomic E-state index is -1.24. The number of imidazole rings is 2. The van der Waals surface area contributed by atoms with Gasteiger partial charge in [-0.15, -0.1) is 0 Å². The fourth-order valence-corrected chi connectivity index (χ4v) is 6.83. The van der Waals surface area contributed by atoms with E-state index in [1.807, 2.05) is 130 Å². The number of benzene rings is 6. The van der Waals surface area contributed by atoms with Crippen LogP contribution in [0, 0.1) is 11.6 Å². The van der Waals surface area contributed by atoms with Crippen molar-refractivity contribution in [2.75, 3.05) is 0 Å². The van der Waals surface area contributed by atoms with Crippen molar-refractivity contribution >= 4 is 40.0 Å². The molecule has 356 valence electrons. The number of aromatic carboxylic acids is 3. The number of nitrogens with zero attached hydrogens (tertiary/aromatic N) is 7. The van der Waals surface area contributed by atoms with Crippen molar-refractivity contribution in [3.8, 4) is 34.2 Å². The Bertz CT molecular complexity index is 3220. The molecule has 0 saturated carbocycles. The predicted octanol–water partition coefficient (Wildman–Crippen LogP) is 8.00. The summed E-state index contributed by atoms with van der Waals surface area (Å²) in [5.41, 5.74) is 6.48. The van der Waals surface area contributed by atoms with Crippen LogP contribution in [-0.2, 0) is 20.1 Å². The first-order valence-electron chi connectivity index (χ1n) is 21.5. The van der Waals surface area contributed by atoms with E-state index in [0.29, 0.717) is 22.8 Å². The Morgan fingerprint density at radius 1 is 0.361 bits per heavy atom. The third kappa shape index (κ3) is 13.4. The molecule has 0 fully saturated rings. The van der Waals surface area contributed by atoms with Crippen molar-refractivity contribution in [2.24, 2.45) is 0 Å². The Hall–Kier alpha value is -9.37. The maximum atomic E-state index is 14.2. The van der Waals surface area contributed by atoms with Crippen LogP contribution >= 0.6 is 0 Å². The third-order valence-corrected chi connectivity index (χ3v) is 10.0. The Morgan fingerprint density at radius 2 is 0.653 bits per heavy atom. The minimum absolute atomic E-state index is 0. The van der Waals surface area contributed by atoms with E-state index in [4.69, 9.17) is 0 Å². The quantitative estimate of drug-likeness (QED) is 0.150. The monoisotopic (exact) mass is 1140 g/mol. The molecule has 11 rings (SSSR count). The standard InChI is InChI=1S/2C19H13FN2.3C6H5NO2.Ir/c2*20-16-11-5-4-10-15(16)19-21-17-12-6-7-13-18(17)22(19)14-8-2-1-3-9-14;3*8-6(9)5-3-1-2-4-7-5;/h2*1-13H;3*1-4H,(H,8,9);/q;;;;;+3/p-3. The molecule has 72 heavy (non-hydrogen) atoms. The molecule has 5 heterocycles. The van der Waals surface area contributed by atoms with E-state index in [9.17, 15) is 38.5 Å². The van der Waals surface area contributed by atoms with E-state index < -0.39 is 17.9 Å². The molecule has 0 amide bonds. The van der Waals surface area contributed by atoms with Crippen molar-refractivity contribution in [1.82, 2.24) is 34.1 Å². The van der Waals surface area contributed by atoms with E-state index in [2.05, 4.69) is 24.9 Å². The smallest absolute Gasteiger partial charge is 0.543 e. The van der Waals surface area contributed by atoms with Gasteiger partial charge in [-0.25, -0.2) is 18.7 Å². The molecular weight excluding hydrogens is 1100 g/mol. The number of aromatic nitrogens is 7. The zero-order chi connectivity index (χ0) is 50.0. The van der Waals surface area contributed by atoms with Gasteiger partial charge >= 0.3 is 20.1 Å². The van der Waals surface area contributed by atoms with Crippen molar-refractivity contribution in [1.29, 1.82) is 0 Å². The number of carbonyl (C=O) groups excluding carboxylic acids is 3. The van der Waals surface area contributed by atoms with Gasteiger partial charge in [-0.1, -0.05) is 103 Å². The molecular formula is C56H38F2IrN7O6. The second kappa shape index (κ2) is 25.8. The summed E-state index contributed by atoms with van der Waals surface area (Å²) in [6.45, 7) is 0. The van der Waals surface area contributed by atoms with Crippen molar-refractivity contribution in [3.63, 3.8) is 0 Å². The molecule has 0 radical (unpaired) electrons. The molecule has 11 aromatic rings. The summed E-state index contributed by atoms with van der Waals surface area (Å²) in [6.07, 6.45) is 4.22. The average Bonchev–Trinajstić information content (AvgIpc) is 4.00. The fraction of sp³-hybridized carbons (Fsp3) is 0.